The van der Waals surface area contributed by atoms with Crippen molar-refractivity contribution in [3.63, 3.8) is 0 Å². The van der Waals surface area contributed by atoms with Gasteiger partial charge in [0, 0.05) is 22.7 Å². The lowest BCUT2D eigenvalue weighted by Crippen LogP contribution is -2.32. The number of para-hydroxylation sites is 1. The molecule has 1 amide bonds. The van der Waals surface area contributed by atoms with Gasteiger partial charge in [-0.05, 0) is 29.8 Å². The molecule has 1 aliphatic rings. The van der Waals surface area contributed by atoms with Gasteiger partial charge in [0.1, 0.15) is 17.5 Å². The average Bonchev–Trinajstić information content (AvgIpc) is 3.41. The number of ether oxygens (including phenoxy) is 1. The molecule has 4 rings (SSSR count). The van der Waals surface area contributed by atoms with E-state index >= 15 is 0 Å². The number of ketones is 2. The van der Waals surface area contributed by atoms with Gasteiger partial charge in [0.15, 0.2) is 0 Å². The SMILES string of the molecule is COc1ccccc1[C@H]1C(C(=O)C(C)C)C(=O)C(=O)N1c1ccc(-c2ccoc2)cc1. The first-order chi connectivity index (χ1) is 14.9. The molecule has 2 aromatic carbocycles. The normalized spacial score (nSPS) is 18.6. The van der Waals surface area contributed by atoms with Crippen LogP contribution in [-0.4, -0.2) is 24.6 Å². The van der Waals surface area contributed by atoms with E-state index in [-0.39, 0.29) is 11.7 Å². The highest BCUT2D eigenvalue weighted by atomic mass is 16.5. The van der Waals surface area contributed by atoms with Crippen LogP contribution in [0.15, 0.2) is 71.5 Å². The number of anilines is 1. The summed E-state index contributed by atoms with van der Waals surface area (Å²) in [4.78, 5) is 40.6. The first-order valence-electron chi connectivity index (χ1n) is 10.1. The topological polar surface area (TPSA) is 76.8 Å². The Balaban J connectivity index is 1.83. The Kier molecular flexibility index (Phi) is 5.46. The highest BCUT2D eigenvalue weighted by molar-refractivity contribution is 6.48. The lowest BCUT2D eigenvalue weighted by Gasteiger charge is -2.29. The number of Topliss-reactive ketones (excluding diaryl/α,β-unsaturated/α-hetero) is 2. The van der Waals surface area contributed by atoms with Gasteiger partial charge in [0.2, 0.25) is 5.78 Å². The van der Waals surface area contributed by atoms with Gasteiger partial charge in [-0.1, -0.05) is 44.2 Å². The van der Waals surface area contributed by atoms with E-state index in [1.165, 1.54) is 12.0 Å². The molecule has 2 heterocycles. The van der Waals surface area contributed by atoms with Crippen LogP contribution < -0.4 is 9.64 Å². The zero-order valence-electron chi connectivity index (χ0n) is 17.6. The van der Waals surface area contributed by atoms with E-state index in [1.54, 1.807) is 50.6 Å². The molecule has 1 aromatic heterocycles. The fourth-order valence-electron chi connectivity index (χ4n) is 4.06. The highest BCUT2D eigenvalue weighted by Crippen LogP contribution is 2.44. The zero-order chi connectivity index (χ0) is 22.1. The summed E-state index contributed by atoms with van der Waals surface area (Å²) >= 11 is 0. The summed E-state index contributed by atoms with van der Waals surface area (Å²) in [5, 5.41) is 0. The maximum absolute atomic E-state index is 13.1. The minimum absolute atomic E-state index is 0.258. The summed E-state index contributed by atoms with van der Waals surface area (Å²) in [6, 6.07) is 15.5. The van der Waals surface area contributed by atoms with Crippen LogP contribution in [-0.2, 0) is 14.4 Å². The number of amides is 1. The first kappa shape index (κ1) is 20.6. The number of hydrogen-bond donors (Lipinski definition) is 0. The maximum atomic E-state index is 13.1. The lowest BCUT2D eigenvalue weighted by atomic mass is 9.84. The summed E-state index contributed by atoms with van der Waals surface area (Å²) in [6.45, 7) is 3.48. The highest BCUT2D eigenvalue weighted by Gasteiger charge is 2.53. The van der Waals surface area contributed by atoms with Crippen LogP contribution in [0.25, 0.3) is 11.1 Å². The molecule has 1 unspecified atom stereocenters. The van der Waals surface area contributed by atoms with Gasteiger partial charge in [-0.25, -0.2) is 0 Å². The Bertz CT molecular complexity index is 1120. The van der Waals surface area contributed by atoms with Gasteiger partial charge in [0.05, 0.1) is 25.7 Å². The third-order valence-electron chi connectivity index (χ3n) is 5.64. The number of nitrogens with zero attached hydrogens (tertiary/aromatic N) is 1. The van der Waals surface area contributed by atoms with Crippen LogP contribution in [0.3, 0.4) is 0 Å². The molecule has 0 aliphatic carbocycles. The second kappa shape index (κ2) is 8.22. The predicted octanol–water partition coefficient (Wildman–Crippen LogP) is 4.45. The van der Waals surface area contributed by atoms with Crippen LogP contribution in [0, 0.1) is 11.8 Å². The van der Waals surface area contributed by atoms with E-state index in [0.717, 1.165) is 11.1 Å². The number of carbonyl (C=O) groups excluding carboxylic acids is 3. The van der Waals surface area contributed by atoms with Crippen LogP contribution in [0.5, 0.6) is 5.75 Å². The van der Waals surface area contributed by atoms with Crippen LogP contribution in [0.2, 0.25) is 0 Å². The molecule has 6 heteroatoms. The number of hydrogen-bond acceptors (Lipinski definition) is 5. The minimum Gasteiger partial charge on any atom is -0.496 e. The van der Waals surface area contributed by atoms with Gasteiger partial charge < -0.3 is 9.15 Å². The standard InChI is InChI=1S/C25H23NO5/c1-15(2)23(27)21-22(19-6-4-5-7-20(19)30-3)26(25(29)24(21)28)18-10-8-16(9-11-18)17-12-13-31-14-17/h4-15,21-22H,1-3H3/t21?,22-/m0/s1. The summed E-state index contributed by atoms with van der Waals surface area (Å²) in [5.41, 5.74) is 2.99. The molecule has 2 atom stereocenters. The van der Waals surface area contributed by atoms with Crippen molar-refractivity contribution in [1.82, 2.24) is 0 Å². The molecular formula is C25H23NO5. The smallest absolute Gasteiger partial charge is 0.295 e. The van der Waals surface area contributed by atoms with E-state index in [2.05, 4.69) is 0 Å². The van der Waals surface area contributed by atoms with Gasteiger partial charge in [0.25, 0.3) is 5.91 Å². The third-order valence-corrected chi connectivity index (χ3v) is 5.64. The monoisotopic (exact) mass is 417 g/mol. The van der Waals surface area contributed by atoms with Gasteiger partial charge in [-0.2, -0.15) is 0 Å². The molecule has 0 N–H and O–H groups in total. The Hall–Kier alpha value is -3.67. The second-order valence-corrected chi connectivity index (χ2v) is 7.82. The van der Waals surface area contributed by atoms with Crippen LogP contribution >= 0.6 is 0 Å². The van der Waals surface area contributed by atoms with Crippen molar-refractivity contribution in [2.75, 3.05) is 12.0 Å². The largest absolute Gasteiger partial charge is 0.496 e. The Morgan fingerprint density at radius 2 is 1.71 bits per heavy atom. The molecule has 3 aromatic rings. The summed E-state index contributed by atoms with van der Waals surface area (Å²) in [7, 11) is 1.53. The Morgan fingerprint density at radius 3 is 2.32 bits per heavy atom. The van der Waals surface area contributed by atoms with Crippen LogP contribution in [0.4, 0.5) is 5.69 Å². The van der Waals surface area contributed by atoms with E-state index in [9.17, 15) is 14.4 Å². The molecule has 0 saturated carbocycles. The molecule has 1 saturated heterocycles. The molecule has 158 valence electrons. The molecule has 6 nitrogen and oxygen atoms in total. The van der Waals surface area contributed by atoms with E-state index in [0.29, 0.717) is 17.0 Å². The quantitative estimate of drug-likeness (QED) is 0.437. The number of benzene rings is 2. The van der Waals surface area contributed by atoms with E-state index in [4.69, 9.17) is 9.15 Å². The number of furan rings is 1. The zero-order valence-corrected chi connectivity index (χ0v) is 17.6. The summed E-state index contributed by atoms with van der Waals surface area (Å²) in [6.07, 6.45) is 3.22. The fourth-order valence-corrected chi connectivity index (χ4v) is 4.06. The lowest BCUT2D eigenvalue weighted by molar-refractivity contribution is -0.139. The molecular weight excluding hydrogens is 394 g/mol. The minimum atomic E-state index is -1.09. The van der Waals surface area contributed by atoms with Crippen molar-refractivity contribution in [2.45, 2.75) is 19.9 Å². The van der Waals surface area contributed by atoms with E-state index in [1.807, 2.05) is 30.3 Å². The fraction of sp³-hybridized carbons (Fsp3) is 0.240. The van der Waals surface area contributed by atoms with Crippen molar-refractivity contribution in [1.29, 1.82) is 0 Å². The first-order valence-corrected chi connectivity index (χ1v) is 10.1. The van der Waals surface area contributed by atoms with Crippen LogP contribution in [0.1, 0.15) is 25.5 Å². The van der Waals surface area contributed by atoms with Crippen molar-refractivity contribution in [3.8, 4) is 16.9 Å². The van der Waals surface area contributed by atoms with Crippen molar-refractivity contribution < 1.29 is 23.5 Å². The van der Waals surface area contributed by atoms with Gasteiger partial charge in [-0.15, -0.1) is 0 Å². The number of methoxy groups -OCH3 is 1. The predicted molar refractivity (Wildman–Crippen MR) is 116 cm³/mol. The third kappa shape index (κ3) is 3.54. The van der Waals surface area contributed by atoms with Gasteiger partial charge >= 0.3 is 0 Å². The number of rotatable bonds is 6. The number of carbonyl (C=O) groups is 3. The maximum Gasteiger partial charge on any atom is 0.295 e. The summed E-state index contributed by atoms with van der Waals surface area (Å²) < 4.78 is 10.6. The van der Waals surface area contributed by atoms with E-state index < -0.39 is 23.7 Å². The Labute approximate surface area is 180 Å². The molecule has 1 aliphatic heterocycles. The molecule has 31 heavy (non-hydrogen) atoms. The van der Waals surface area contributed by atoms with Crippen molar-refractivity contribution >= 4 is 23.2 Å². The molecule has 1 fully saturated rings. The molecule has 0 spiro atoms. The molecule has 0 radical (unpaired) electrons. The Morgan fingerprint density at radius 1 is 1.00 bits per heavy atom. The van der Waals surface area contributed by atoms with Crippen molar-refractivity contribution in [2.24, 2.45) is 11.8 Å². The van der Waals surface area contributed by atoms with Crippen molar-refractivity contribution in [3.05, 3.63) is 72.7 Å². The summed E-state index contributed by atoms with van der Waals surface area (Å²) in [5.74, 6) is -2.58. The average molecular weight is 417 g/mol. The second-order valence-electron chi connectivity index (χ2n) is 7.82. The molecule has 0 bridgehead atoms. The van der Waals surface area contributed by atoms with Gasteiger partial charge in [-0.3, -0.25) is 19.3 Å².